The molecule has 0 N–H and O–H groups in total. The number of carbonyl (C=O) groups excluding carboxylic acids is 1. The van der Waals surface area contributed by atoms with E-state index in [1.807, 2.05) is 24.3 Å². The normalized spacial score (nSPS) is 9.09. The molecule has 1 aromatic carbocycles. The van der Waals surface area contributed by atoms with Gasteiger partial charge in [-0.15, -0.1) is 6.58 Å². The molecule has 0 aliphatic rings. The van der Waals surface area contributed by atoms with Crippen LogP contribution in [0.5, 0.6) is 0 Å². The van der Waals surface area contributed by atoms with Gasteiger partial charge < -0.3 is 0 Å². The monoisotopic (exact) mass is 146 g/mol. The maximum atomic E-state index is 10.5. The summed E-state index contributed by atoms with van der Waals surface area (Å²) in [6, 6.07) is 7.53. The fourth-order valence-electron chi connectivity index (χ4n) is 0.991. The van der Waals surface area contributed by atoms with Crippen molar-refractivity contribution >= 4 is 6.29 Å². The average molecular weight is 146 g/mol. The number of allylic oxidation sites excluding steroid dienone is 1. The van der Waals surface area contributed by atoms with E-state index in [-0.39, 0.29) is 0 Å². The zero-order chi connectivity index (χ0) is 8.10. The summed E-state index contributed by atoms with van der Waals surface area (Å²) in [5.74, 6) is 0. The van der Waals surface area contributed by atoms with Crippen LogP contribution in [0, 0.1) is 0 Å². The topological polar surface area (TPSA) is 17.1 Å². The van der Waals surface area contributed by atoms with E-state index in [9.17, 15) is 4.79 Å². The first-order chi connectivity index (χ1) is 5.38. The molecule has 0 fully saturated rings. The van der Waals surface area contributed by atoms with E-state index in [4.69, 9.17) is 0 Å². The van der Waals surface area contributed by atoms with Gasteiger partial charge in [-0.25, -0.2) is 0 Å². The van der Waals surface area contributed by atoms with Gasteiger partial charge >= 0.3 is 0 Å². The number of carbonyl (C=O) groups is 1. The Balaban J connectivity index is 3.01. The highest BCUT2D eigenvalue weighted by Gasteiger charge is 1.95. The Morgan fingerprint density at radius 2 is 2.09 bits per heavy atom. The van der Waals surface area contributed by atoms with Crippen LogP contribution < -0.4 is 0 Å². The summed E-state index contributed by atoms with van der Waals surface area (Å²) in [5, 5.41) is 0. The highest BCUT2D eigenvalue weighted by molar-refractivity contribution is 5.77. The summed E-state index contributed by atoms with van der Waals surface area (Å²) in [4.78, 5) is 10.5. The Hall–Kier alpha value is -1.37. The van der Waals surface area contributed by atoms with Crippen molar-refractivity contribution in [3.8, 4) is 0 Å². The minimum Gasteiger partial charge on any atom is -0.298 e. The highest BCUT2D eigenvalue weighted by Crippen LogP contribution is 2.06. The van der Waals surface area contributed by atoms with Crippen LogP contribution in [0.1, 0.15) is 15.9 Å². The summed E-state index contributed by atoms with van der Waals surface area (Å²) < 4.78 is 0. The highest BCUT2D eigenvalue weighted by atomic mass is 16.1. The third kappa shape index (κ3) is 1.77. The Kier molecular flexibility index (Phi) is 2.61. The van der Waals surface area contributed by atoms with Gasteiger partial charge in [0.05, 0.1) is 0 Å². The first-order valence-corrected chi connectivity index (χ1v) is 3.52. The molecule has 0 saturated carbocycles. The van der Waals surface area contributed by atoms with Crippen molar-refractivity contribution in [3.05, 3.63) is 48.0 Å². The van der Waals surface area contributed by atoms with Crippen molar-refractivity contribution in [1.29, 1.82) is 0 Å². The molecule has 0 aromatic heterocycles. The van der Waals surface area contributed by atoms with Crippen LogP contribution in [0.25, 0.3) is 0 Å². The van der Waals surface area contributed by atoms with E-state index in [0.717, 1.165) is 23.8 Å². The lowest BCUT2D eigenvalue weighted by Crippen LogP contribution is -1.88. The smallest absolute Gasteiger partial charge is 0.150 e. The van der Waals surface area contributed by atoms with E-state index in [2.05, 4.69) is 6.58 Å². The number of benzene rings is 1. The molecule has 0 spiro atoms. The van der Waals surface area contributed by atoms with Gasteiger partial charge in [-0.3, -0.25) is 4.79 Å². The van der Waals surface area contributed by atoms with Crippen LogP contribution in [0.2, 0.25) is 0 Å². The summed E-state index contributed by atoms with van der Waals surface area (Å²) in [5.41, 5.74) is 1.80. The van der Waals surface area contributed by atoms with Crippen molar-refractivity contribution in [2.45, 2.75) is 6.42 Å². The molecule has 1 aromatic rings. The molecule has 0 amide bonds. The lowest BCUT2D eigenvalue weighted by molar-refractivity contribution is 0.112. The van der Waals surface area contributed by atoms with E-state index >= 15 is 0 Å². The molecule has 0 heterocycles. The van der Waals surface area contributed by atoms with Gasteiger partial charge in [-0.2, -0.15) is 0 Å². The van der Waals surface area contributed by atoms with Crippen LogP contribution in [0.3, 0.4) is 0 Å². The van der Waals surface area contributed by atoms with Crippen LogP contribution in [-0.4, -0.2) is 6.29 Å². The lowest BCUT2D eigenvalue weighted by atomic mass is 10.1. The predicted octanol–water partition coefficient (Wildman–Crippen LogP) is 2.23. The molecule has 0 radical (unpaired) electrons. The second-order valence-corrected chi connectivity index (χ2v) is 2.31. The van der Waals surface area contributed by atoms with Crippen LogP contribution in [-0.2, 0) is 6.42 Å². The number of rotatable bonds is 3. The Morgan fingerprint density at radius 1 is 1.36 bits per heavy atom. The molecule has 56 valence electrons. The van der Waals surface area contributed by atoms with Crippen LogP contribution in [0.15, 0.2) is 36.9 Å². The van der Waals surface area contributed by atoms with E-state index < -0.39 is 0 Å². The fourth-order valence-corrected chi connectivity index (χ4v) is 0.991. The van der Waals surface area contributed by atoms with E-state index in [0.29, 0.717) is 0 Å². The molecule has 0 bridgehead atoms. The largest absolute Gasteiger partial charge is 0.298 e. The average Bonchev–Trinajstić information content (AvgIpc) is 2.06. The van der Waals surface area contributed by atoms with Gasteiger partial charge in [0.25, 0.3) is 0 Å². The second kappa shape index (κ2) is 3.71. The molecule has 0 unspecified atom stereocenters. The molecule has 0 aliphatic carbocycles. The van der Waals surface area contributed by atoms with E-state index in [1.165, 1.54) is 0 Å². The molecule has 1 heteroatoms. The third-order valence-corrected chi connectivity index (χ3v) is 1.55. The third-order valence-electron chi connectivity index (χ3n) is 1.55. The van der Waals surface area contributed by atoms with Gasteiger partial charge in [0.2, 0.25) is 0 Å². The van der Waals surface area contributed by atoms with Gasteiger partial charge in [-0.1, -0.05) is 30.3 Å². The quantitative estimate of drug-likeness (QED) is 0.472. The van der Waals surface area contributed by atoms with Gasteiger partial charge in [0.1, 0.15) is 6.29 Å². The number of hydrogen-bond acceptors (Lipinski definition) is 1. The van der Waals surface area contributed by atoms with Crippen LogP contribution >= 0.6 is 0 Å². The predicted molar refractivity (Wildman–Crippen MR) is 45.7 cm³/mol. The fraction of sp³-hybridized carbons (Fsp3) is 0.100. The molecule has 0 aliphatic heterocycles. The minimum absolute atomic E-state index is 0.757. The van der Waals surface area contributed by atoms with Gasteiger partial charge in [-0.05, 0) is 12.0 Å². The van der Waals surface area contributed by atoms with Crippen molar-refractivity contribution in [1.82, 2.24) is 0 Å². The molecule has 0 saturated heterocycles. The van der Waals surface area contributed by atoms with Gasteiger partial charge in [0, 0.05) is 5.56 Å². The number of aldehydes is 1. The molecular weight excluding hydrogens is 136 g/mol. The Bertz CT molecular complexity index is 263. The first kappa shape index (κ1) is 7.73. The molecule has 1 rings (SSSR count). The Labute approximate surface area is 66.4 Å². The van der Waals surface area contributed by atoms with Crippen molar-refractivity contribution in [2.24, 2.45) is 0 Å². The maximum absolute atomic E-state index is 10.5. The second-order valence-electron chi connectivity index (χ2n) is 2.31. The molecule has 11 heavy (non-hydrogen) atoms. The van der Waals surface area contributed by atoms with Crippen LogP contribution in [0.4, 0.5) is 0 Å². The van der Waals surface area contributed by atoms with Gasteiger partial charge in [0.15, 0.2) is 0 Å². The maximum Gasteiger partial charge on any atom is 0.150 e. The summed E-state index contributed by atoms with van der Waals surface area (Å²) >= 11 is 0. The van der Waals surface area contributed by atoms with Crippen molar-refractivity contribution in [2.75, 3.05) is 0 Å². The molecular formula is C10H10O. The zero-order valence-corrected chi connectivity index (χ0v) is 6.29. The summed E-state index contributed by atoms with van der Waals surface area (Å²) in [6.45, 7) is 3.62. The SMILES string of the molecule is C=CCc1ccccc1C=O. The van der Waals surface area contributed by atoms with E-state index in [1.54, 1.807) is 6.08 Å². The summed E-state index contributed by atoms with van der Waals surface area (Å²) in [6.07, 6.45) is 3.43. The first-order valence-electron chi connectivity index (χ1n) is 3.52. The molecule has 0 atom stereocenters. The zero-order valence-electron chi connectivity index (χ0n) is 6.29. The van der Waals surface area contributed by atoms with Crippen molar-refractivity contribution < 1.29 is 4.79 Å². The Morgan fingerprint density at radius 3 is 2.73 bits per heavy atom. The lowest BCUT2D eigenvalue weighted by Gasteiger charge is -1.98. The minimum atomic E-state index is 0.757. The number of hydrogen-bond donors (Lipinski definition) is 0. The van der Waals surface area contributed by atoms with Crippen molar-refractivity contribution in [3.63, 3.8) is 0 Å². The standard InChI is InChI=1S/C10H10O/c1-2-5-9-6-3-4-7-10(9)8-11/h2-4,6-8H,1,5H2. The molecule has 1 nitrogen and oxygen atoms in total. The summed E-state index contributed by atoms with van der Waals surface area (Å²) in [7, 11) is 0.